The van der Waals surface area contributed by atoms with Crippen LogP contribution in [0.1, 0.15) is 5.69 Å². The molecule has 5 nitrogen and oxygen atoms in total. The first-order valence-electron chi connectivity index (χ1n) is 5.40. The monoisotopic (exact) mass is 233 g/mol. The lowest BCUT2D eigenvalue weighted by atomic mass is 10.3. The maximum absolute atomic E-state index is 9.17. The first-order chi connectivity index (χ1) is 8.20. The lowest BCUT2D eigenvalue weighted by molar-refractivity contribution is 0.461. The van der Waals surface area contributed by atoms with Crippen LogP contribution in [0.2, 0.25) is 0 Å². The van der Waals surface area contributed by atoms with E-state index < -0.39 is 0 Å². The summed E-state index contributed by atoms with van der Waals surface area (Å²) in [4.78, 5) is 0. The van der Waals surface area contributed by atoms with Gasteiger partial charge < -0.3 is 15.6 Å². The predicted octanol–water partition coefficient (Wildman–Crippen LogP) is 1.65. The molecular weight excluding hydrogens is 218 g/mol. The van der Waals surface area contributed by atoms with Crippen molar-refractivity contribution in [3.63, 3.8) is 0 Å². The minimum absolute atomic E-state index is 0.216. The average molecular weight is 233 g/mol. The highest BCUT2D eigenvalue weighted by atomic mass is 16.5. The van der Waals surface area contributed by atoms with Crippen molar-refractivity contribution in [3.8, 4) is 17.2 Å². The third-order valence-corrected chi connectivity index (χ3v) is 2.46. The molecule has 0 atom stereocenters. The van der Waals surface area contributed by atoms with Gasteiger partial charge in [0.15, 0.2) is 5.75 Å². The van der Waals surface area contributed by atoms with Gasteiger partial charge in [0.05, 0.1) is 18.4 Å². The summed E-state index contributed by atoms with van der Waals surface area (Å²) in [5, 5.41) is 13.3. The Morgan fingerprint density at radius 3 is 2.71 bits per heavy atom. The van der Waals surface area contributed by atoms with Gasteiger partial charge in [0.2, 0.25) is 0 Å². The van der Waals surface area contributed by atoms with Gasteiger partial charge >= 0.3 is 0 Å². The van der Waals surface area contributed by atoms with E-state index in [4.69, 9.17) is 15.6 Å². The largest absolute Gasteiger partial charge is 0.508 e. The summed E-state index contributed by atoms with van der Waals surface area (Å²) in [7, 11) is 0. The summed E-state index contributed by atoms with van der Waals surface area (Å²) >= 11 is 0. The van der Waals surface area contributed by atoms with Crippen molar-refractivity contribution in [3.05, 3.63) is 36.2 Å². The second kappa shape index (κ2) is 4.88. The third-order valence-electron chi connectivity index (χ3n) is 2.46. The fraction of sp³-hybridized carbons (Fsp3) is 0.250. The molecule has 0 bridgehead atoms. The molecule has 0 aliphatic carbocycles. The Kier molecular flexibility index (Phi) is 3.30. The Bertz CT molecular complexity index is 491. The van der Waals surface area contributed by atoms with E-state index in [1.165, 1.54) is 0 Å². The van der Waals surface area contributed by atoms with E-state index in [0.29, 0.717) is 24.6 Å². The van der Waals surface area contributed by atoms with Crippen LogP contribution in [0.3, 0.4) is 0 Å². The molecule has 0 aliphatic heterocycles. The maximum Gasteiger partial charge on any atom is 0.168 e. The van der Waals surface area contributed by atoms with E-state index in [0.717, 1.165) is 5.69 Å². The first kappa shape index (κ1) is 11.5. The van der Waals surface area contributed by atoms with Gasteiger partial charge in [-0.3, -0.25) is 4.68 Å². The van der Waals surface area contributed by atoms with Crippen molar-refractivity contribution in [1.82, 2.24) is 9.78 Å². The van der Waals surface area contributed by atoms with Crippen LogP contribution in [0.5, 0.6) is 17.2 Å². The summed E-state index contributed by atoms with van der Waals surface area (Å²) < 4.78 is 7.46. The summed E-state index contributed by atoms with van der Waals surface area (Å²) in [6.07, 6.45) is 1.66. The number of phenols is 1. The van der Waals surface area contributed by atoms with Gasteiger partial charge in [-0.15, -0.1) is 0 Å². The standard InChI is InChI=1S/C12H15N3O2/c1-9-12(8-14-15(9)7-6-13)17-11-4-2-10(16)3-5-11/h2-5,8,16H,6-7,13H2,1H3. The molecule has 1 aromatic carbocycles. The molecule has 90 valence electrons. The third kappa shape index (κ3) is 2.57. The molecule has 0 unspecified atom stereocenters. The van der Waals surface area contributed by atoms with Crippen LogP contribution in [-0.4, -0.2) is 21.4 Å². The van der Waals surface area contributed by atoms with Gasteiger partial charge in [-0.1, -0.05) is 0 Å². The molecule has 0 amide bonds. The van der Waals surface area contributed by atoms with E-state index in [1.54, 1.807) is 35.1 Å². The van der Waals surface area contributed by atoms with Gasteiger partial charge in [0.25, 0.3) is 0 Å². The highest BCUT2D eigenvalue weighted by Gasteiger charge is 2.07. The van der Waals surface area contributed by atoms with Crippen molar-refractivity contribution in [2.24, 2.45) is 5.73 Å². The van der Waals surface area contributed by atoms with Crippen LogP contribution in [0.15, 0.2) is 30.5 Å². The van der Waals surface area contributed by atoms with Gasteiger partial charge in [0.1, 0.15) is 11.5 Å². The molecule has 0 aliphatic rings. The van der Waals surface area contributed by atoms with Gasteiger partial charge in [-0.2, -0.15) is 5.10 Å². The van der Waals surface area contributed by atoms with Crippen molar-refractivity contribution < 1.29 is 9.84 Å². The molecule has 2 rings (SSSR count). The number of aromatic nitrogens is 2. The number of nitrogens with two attached hydrogens (primary N) is 1. The molecule has 1 heterocycles. The fourth-order valence-electron chi connectivity index (χ4n) is 1.52. The molecular formula is C12H15N3O2. The minimum Gasteiger partial charge on any atom is -0.508 e. The van der Waals surface area contributed by atoms with Crippen LogP contribution in [-0.2, 0) is 6.54 Å². The number of hydrogen-bond acceptors (Lipinski definition) is 4. The van der Waals surface area contributed by atoms with Gasteiger partial charge in [-0.05, 0) is 31.2 Å². The van der Waals surface area contributed by atoms with Gasteiger partial charge in [0, 0.05) is 6.54 Å². The predicted molar refractivity (Wildman–Crippen MR) is 64.2 cm³/mol. The lowest BCUT2D eigenvalue weighted by Crippen LogP contribution is -2.12. The molecule has 3 N–H and O–H groups in total. The van der Waals surface area contributed by atoms with Crippen molar-refractivity contribution >= 4 is 0 Å². The molecule has 2 aromatic rings. The molecule has 0 fully saturated rings. The number of ether oxygens (including phenoxy) is 1. The zero-order valence-electron chi connectivity index (χ0n) is 9.63. The Balaban J connectivity index is 2.16. The minimum atomic E-state index is 0.216. The topological polar surface area (TPSA) is 73.3 Å². The highest BCUT2D eigenvalue weighted by Crippen LogP contribution is 2.25. The molecule has 0 saturated heterocycles. The SMILES string of the molecule is Cc1c(Oc2ccc(O)cc2)cnn1CCN. The van der Waals surface area contributed by atoms with Crippen LogP contribution in [0, 0.1) is 6.92 Å². The Morgan fingerprint density at radius 1 is 1.35 bits per heavy atom. The number of nitrogens with zero attached hydrogens (tertiary/aromatic N) is 2. The number of rotatable bonds is 4. The molecule has 0 radical (unpaired) electrons. The first-order valence-corrected chi connectivity index (χ1v) is 5.40. The normalized spacial score (nSPS) is 10.5. The molecule has 5 heteroatoms. The Hall–Kier alpha value is -2.01. The smallest absolute Gasteiger partial charge is 0.168 e. The van der Waals surface area contributed by atoms with E-state index in [-0.39, 0.29) is 5.75 Å². The van der Waals surface area contributed by atoms with Crippen molar-refractivity contribution in [1.29, 1.82) is 0 Å². The zero-order valence-corrected chi connectivity index (χ0v) is 9.63. The molecule has 0 saturated carbocycles. The van der Waals surface area contributed by atoms with E-state index in [2.05, 4.69) is 5.10 Å². The number of aromatic hydroxyl groups is 1. The summed E-state index contributed by atoms with van der Waals surface area (Å²) in [5.41, 5.74) is 6.41. The maximum atomic E-state index is 9.17. The summed E-state index contributed by atoms with van der Waals surface area (Å²) in [6.45, 7) is 3.14. The van der Waals surface area contributed by atoms with E-state index in [1.807, 2.05) is 6.92 Å². The highest BCUT2D eigenvalue weighted by molar-refractivity contribution is 5.35. The van der Waals surface area contributed by atoms with Crippen LogP contribution >= 0.6 is 0 Å². The Morgan fingerprint density at radius 2 is 2.06 bits per heavy atom. The van der Waals surface area contributed by atoms with E-state index >= 15 is 0 Å². The fourth-order valence-corrected chi connectivity index (χ4v) is 1.52. The number of phenolic OH excluding ortho intramolecular Hbond substituents is 1. The van der Waals surface area contributed by atoms with Gasteiger partial charge in [-0.25, -0.2) is 0 Å². The van der Waals surface area contributed by atoms with Crippen LogP contribution in [0.4, 0.5) is 0 Å². The van der Waals surface area contributed by atoms with Crippen LogP contribution in [0.25, 0.3) is 0 Å². The van der Waals surface area contributed by atoms with Crippen molar-refractivity contribution in [2.75, 3.05) is 6.54 Å². The average Bonchev–Trinajstić information content (AvgIpc) is 2.65. The second-order valence-corrected chi connectivity index (χ2v) is 3.70. The zero-order chi connectivity index (χ0) is 12.3. The second-order valence-electron chi connectivity index (χ2n) is 3.70. The lowest BCUT2D eigenvalue weighted by Gasteiger charge is -2.05. The molecule has 17 heavy (non-hydrogen) atoms. The van der Waals surface area contributed by atoms with Crippen LogP contribution < -0.4 is 10.5 Å². The number of hydrogen-bond donors (Lipinski definition) is 2. The summed E-state index contributed by atoms with van der Waals surface area (Å²) in [6, 6.07) is 6.56. The quantitative estimate of drug-likeness (QED) is 0.842. The Labute approximate surface area is 99.4 Å². The number of benzene rings is 1. The molecule has 1 aromatic heterocycles. The van der Waals surface area contributed by atoms with E-state index in [9.17, 15) is 0 Å². The summed E-state index contributed by atoms with van der Waals surface area (Å²) in [5.74, 6) is 1.58. The molecule has 0 spiro atoms. The van der Waals surface area contributed by atoms with Crippen molar-refractivity contribution in [2.45, 2.75) is 13.5 Å².